The zero-order valence-electron chi connectivity index (χ0n) is 17.1. The van der Waals surface area contributed by atoms with Crippen LogP contribution in [-0.4, -0.2) is 53.3 Å². The van der Waals surface area contributed by atoms with Crippen LogP contribution in [0, 0.1) is 5.82 Å². The SMILES string of the molecule is CCOC(=O)C1=C2CC(NC(C)=O)CN2C(c2nccs2)=NC1.Fc1cccc(Br)c1. The second-order valence-corrected chi connectivity index (χ2v) is 8.59. The van der Waals surface area contributed by atoms with Crippen molar-refractivity contribution < 1.29 is 18.7 Å². The summed E-state index contributed by atoms with van der Waals surface area (Å²) in [4.78, 5) is 34.4. The molecule has 2 aliphatic heterocycles. The van der Waals surface area contributed by atoms with Crippen LogP contribution in [0.4, 0.5) is 4.39 Å². The molecule has 31 heavy (non-hydrogen) atoms. The maximum atomic E-state index is 12.2. The third-order valence-electron chi connectivity index (χ3n) is 4.50. The van der Waals surface area contributed by atoms with Gasteiger partial charge in [-0.3, -0.25) is 9.79 Å². The molecule has 164 valence electrons. The van der Waals surface area contributed by atoms with Crippen molar-refractivity contribution in [1.29, 1.82) is 0 Å². The van der Waals surface area contributed by atoms with Gasteiger partial charge in [0.25, 0.3) is 0 Å². The van der Waals surface area contributed by atoms with E-state index in [0.29, 0.717) is 25.1 Å². The Labute approximate surface area is 192 Å². The average molecular weight is 509 g/mol. The number of fused-ring (bicyclic) bond motifs is 1. The molecule has 1 unspecified atom stereocenters. The zero-order chi connectivity index (χ0) is 22.4. The second kappa shape index (κ2) is 10.6. The number of carbonyl (C=O) groups excluding carboxylic acids is 2. The number of amides is 1. The van der Waals surface area contributed by atoms with E-state index in [1.54, 1.807) is 25.3 Å². The normalized spacial score (nSPS) is 17.4. The first-order valence-electron chi connectivity index (χ1n) is 9.68. The molecule has 1 aromatic carbocycles. The Morgan fingerprint density at radius 2 is 2.23 bits per heavy atom. The van der Waals surface area contributed by atoms with Crippen LogP contribution in [0.1, 0.15) is 25.3 Å². The highest BCUT2D eigenvalue weighted by Crippen LogP contribution is 2.31. The van der Waals surface area contributed by atoms with E-state index >= 15 is 0 Å². The van der Waals surface area contributed by atoms with Crippen molar-refractivity contribution in [2.24, 2.45) is 4.99 Å². The molecule has 2 aromatic rings. The number of benzene rings is 1. The van der Waals surface area contributed by atoms with Crippen molar-refractivity contribution in [3.05, 3.63) is 62.4 Å². The maximum absolute atomic E-state index is 12.2. The van der Waals surface area contributed by atoms with Gasteiger partial charge in [-0.15, -0.1) is 11.3 Å². The first-order valence-corrected chi connectivity index (χ1v) is 11.4. The number of hydrogen-bond donors (Lipinski definition) is 1. The summed E-state index contributed by atoms with van der Waals surface area (Å²) in [6.07, 6.45) is 2.33. The Bertz CT molecular complexity index is 993. The summed E-state index contributed by atoms with van der Waals surface area (Å²) >= 11 is 4.63. The summed E-state index contributed by atoms with van der Waals surface area (Å²) in [5, 5.41) is 5.62. The highest BCUT2D eigenvalue weighted by molar-refractivity contribution is 9.10. The molecule has 1 fully saturated rings. The van der Waals surface area contributed by atoms with E-state index in [0.717, 1.165) is 21.0 Å². The number of hydrogen-bond acceptors (Lipinski definition) is 7. The molecule has 0 bridgehead atoms. The third kappa shape index (κ3) is 5.98. The summed E-state index contributed by atoms with van der Waals surface area (Å²) in [7, 11) is 0. The van der Waals surface area contributed by atoms with Crippen molar-refractivity contribution in [2.75, 3.05) is 19.7 Å². The number of ether oxygens (including phenoxy) is 1. The first-order chi connectivity index (χ1) is 14.9. The number of nitrogens with zero attached hydrogens (tertiary/aromatic N) is 3. The standard InChI is InChI=1S/C15H18N4O3S.C6H4BrF/c1-3-22-15(21)11-7-17-13(14-16-4-5-23-14)19-8-10(6-12(11)19)18-9(2)20;7-5-2-1-3-6(8)4-5/h4-5,10H,3,6-8H2,1-2H3,(H,18,20);1-4H. The minimum absolute atomic E-state index is 0.0461. The number of carbonyl (C=O) groups is 2. The maximum Gasteiger partial charge on any atom is 0.337 e. The highest BCUT2D eigenvalue weighted by atomic mass is 79.9. The van der Waals surface area contributed by atoms with Gasteiger partial charge in [0.15, 0.2) is 10.8 Å². The monoisotopic (exact) mass is 508 g/mol. The fraction of sp³-hybridized carbons (Fsp3) is 0.333. The molecule has 0 radical (unpaired) electrons. The number of aromatic nitrogens is 1. The third-order valence-corrected chi connectivity index (χ3v) is 5.76. The van der Waals surface area contributed by atoms with Gasteiger partial charge in [0, 0.05) is 41.6 Å². The lowest BCUT2D eigenvalue weighted by molar-refractivity contribution is -0.138. The number of rotatable bonds is 4. The second-order valence-electron chi connectivity index (χ2n) is 6.77. The van der Waals surface area contributed by atoms with Crippen LogP contribution in [0.2, 0.25) is 0 Å². The van der Waals surface area contributed by atoms with Gasteiger partial charge in [0.2, 0.25) is 5.91 Å². The fourth-order valence-corrected chi connectivity index (χ4v) is 4.36. The number of esters is 1. The van der Waals surface area contributed by atoms with E-state index in [4.69, 9.17) is 4.74 Å². The Hall–Kier alpha value is -2.59. The van der Waals surface area contributed by atoms with E-state index in [-0.39, 0.29) is 30.3 Å². The summed E-state index contributed by atoms with van der Waals surface area (Å²) in [6, 6.07) is 6.21. The molecule has 7 nitrogen and oxygen atoms in total. The summed E-state index contributed by atoms with van der Waals surface area (Å²) in [5.74, 6) is 0.133. The molecule has 10 heteroatoms. The minimum Gasteiger partial charge on any atom is -0.463 e. The van der Waals surface area contributed by atoms with E-state index in [1.165, 1.54) is 30.4 Å². The molecule has 0 aliphatic carbocycles. The number of nitrogens with one attached hydrogen (secondary N) is 1. The topological polar surface area (TPSA) is 83.9 Å². The van der Waals surface area contributed by atoms with Gasteiger partial charge in [0.05, 0.1) is 24.8 Å². The predicted octanol–water partition coefficient (Wildman–Crippen LogP) is 3.52. The molecular weight excluding hydrogens is 487 g/mol. The molecule has 3 heterocycles. The van der Waals surface area contributed by atoms with Crippen LogP contribution in [0.5, 0.6) is 0 Å². The number of aliphatic imine (C=N–C) groups is 1. The van der Waals surface area contributed by atoms with Crippen LogP contribution in [0.3, 0.4) is 0 Å². The van der Waals surface area contributed by atoms with Crippen LogP contribution >= 0.6 is 27.3 Å². The fourth-order valence-electron chi connectivity index (χ4n) is 3.33. The molecular formula is C21H22BrFN4O3S. The molecule has 0 spiro atoms. The molecule has 1 aromatic heterocycles. The lowest BCUT2D eigenvalue weighted by atomic mass is 10.1. The van der Waals surface area contributed by atoms with Crippen molar-refractivity contribution in [3.63, 3.8) is 0 Å². The number of halogens is 2. The van der Waals surface area contributed by atoms with Crippen LogP contribution in [0.15, 0.2) is 56.6 Å². The molecule has 1 atom stereocenters. The Morgan fingerprint density at radius 1 is 1.42 bits per heavy atom. The van der Waals surface area contributed by atoms with Gasteiger partial charge in [0.1, 0.15) is 5.82 Å². The van der Waals surface area contributed by atoms with Gasteiger partial charge in [-0.1, -0.05) is 22.0 Å². The van der Waals surface area contributed by atoms with Crippen molar-refractivity contribution >= 4 is 45.0 Å². The summed E-state index contributed by atoms with van der Waals surface area (Å²) in [6.45, 7) is 4.47. The van der Waals surface area contributed by atoms with Gasteiger partial charge < -0.3 is 15.0 Å². The largest absolute Gasteiger partial charge is 0.463 e. The van der Waals surface area contributed by atoms with Gasteiger partial charge in [-0.25, -0.2) is 14.2 Å². The lowest BCUT2D eigenvalue weighted by Crippen LogP contribution is -2.38. The van der Waals surface area contributed by atoms with Gasteiger partial charge in [-0.2, -0.15) is 0 Å². The van der Waals surface area contributed by atoms with Crippen LogP contribution in [0.25, 0.3) is 0 Å². The molecule has 1 amide bonds. The summed E-state index contributed by atoms with van der Waals surface area (Å²) in [5.41, 5.74) is 1.45. The lowest BCUT2D eigenvalue weighted by Gasteiger charge is -2.26. The molecule has 1 saturated heterocycles. The average Bonchev–Trinajstić information content (AvgIpc) is 3.37. The van der Waals surface area contributed by atoms with Crippen molar-refractivity contribution in [2.45, 2.75) is 26.3 Å². The number of thiazole rings is 1. The van der Waals surface area contributed by atoms with Crippen molar-refractivity contribution in [1.82, 2.24) is 15.2 Å². The quantitative estimate of drug-likeness (QED) is 0.638. The number of amidine groups is 1. The molecule has 0 saturated carbocycles. The van der Waals surface area contributed by atoms with E-state index in [1.807, 2.05) is 10.3 Å². The predicted molar refractivity (Wildman–Crippen MR) is 120 cm³/mol. The Kier molecular flexibility index (Phi) is 7.91. The van der Waals surface area contributed by atoms with Crippen molar-refractivity contribution in [3.8, 4) is 0 Å². The first kappa shape index (κ1) is 23.1. The van der Waals surface area contributed by atoms with E-state index in [2.05, 4.69) is 31.2 Å². The zero-order valence-corrected chi connectivity index (χ0v) is 19.5. The van der Waals surface area contributed by atoms with Gasteiger partial charge in [-0.05, 0) is 25.1 Å². The van der Waals surface area contributed by atoms with Gasteiger partial charge >= 0.3 is 5.97 Å². The minimum atomic E-state index is -0.335. The summed E-state index contributed by atoms with van der Waals surface area (Å²) < 4.78 is 18.1. The molecule has 2 aliphatic rings. The smallest absolute Gasteiger partial charge is 0.337 e. The Balaban J connectivity index is 0.000000287. The highest BCUT2D eigenvalue weighted by Gasteiger charge is 2.37. The van der Waals surface area contributed by atoms with E-state index < -0.39 is 0 Å². The molecule has 4 rings (SSSR count). The van der Waals surface area contributed by atoms with Crippen LogP contribution in [-0.2, 0) is 14.3 Å². The van der Waals surface area contributed by atoms with E-state index in [9.17, 15) is 14.0 Å². The van der Waals surface area contributed by atoms with Crippen LogP contribution < -0.4 is 5.32 Å². The Morgan fingerprint density at radius 3 is 2.81 bits per heavy atom. The molecule has 1 N–H and O–H groups in total.